The molecule has 1 aromatic heterocycles. The van der Waals surface area contributed by atoms with Gasteiger partial charge in [-0.05, 0) is 42.5 Å². The zero-order valence-corrected chi connectivity index (χ0v) is 20.6. The number of carbonyl (C=O) groups is 2. The van der Waals surface area contributed by atoms with E-state index in [2.05, 4.69) is 56.4 Å². The lowest BCUT2D eigenvalue weighted by Gasteiger charge is -2.26. The predicted molar refractivity (Wildman–Crippen MR) is 134 cm³/mol. The molecule has 2 heterocycles. The quantitative estimate of drug-likeness (QED) is 0.476. The van der Waals surface area contributed by atoms with Gasteiger partial charge in [-0.25, -0.2) is 0 Å². The summed E-state index contributed by atoms with van der Waals surface area (Å²) in [6.45, 7) is 16.1. The van der Waals surface area contributed by atoms with E-state index >= 15 is 0 Å². The molecule has 34 heavy (non-hydrogen) atoms. The maximum atomic E-state index is 12.1. The number of fused-ring (bicyclic) bond motifs is 1. The van der Waals surface area contributed by atoms with Crippen molar-refractivity contribution in [2.45, 2.75) is 40.7 Å². The van der Waals surface area contributed by atoms with E-state index in [9.17, 15) is 14.4 Å². The minimum atomic E-state index is -0.566. The van der Waals surface area contributed by atoms with Gasteiger partial charge in [0, 0.05) is 13.6 Å². The summed E-state index contributed by atoms with van der Waals surface area (Å²) in [5.41, 5.74) is 4.61. The molecule has 3 rings (SSSR count). The number of carbonyl (C=O) groups excluding carboxylic acids is 2. The number of likely N-dealkylation sites (N-methyl/N-ethyl adjacent to an activating group) is 1. The van der Waals surface area contributed by atoms with Crippen LogP contribution in [0.25, 0.3) is 0 Å². The first-order valence-corrected chi connectivity index (χ1v) is 11.2. The number of nitrogens with zero attached hydrogens (tertiary/aromatic N) is 3. The van der Waals surface area contributed by atoms with E-state index in [0.717, 1.165) is 12.6 Å². The van der Waals surface area contributed by atoms with Gasteiger partial charge in [0.05, 0.1) is 18.7 Å². The molecule has 1 amide bonds. The lowest BCUT2D eigenvalue weighted by atomic mass is 9.97. The van der Waals surface area contributed by atoms with Gasteiger partial charge in [0.1, 0.15) is 0 Å². The van der Waals surface area contributed by atoms with Crippen LogP contribution in [0.5, 0.6) is 5.75 Å². The number of hydrogen-bond acceptors (Lipinski definition) is 5. The fourth-order valence-corrected chi connectivity index (χ4v) is 3.21. The third-order valence-corrected chi connectivity index (χ3v) is 5.58. The summed E-state index contributed by atoms with van der Waals surface area (Å²) in [5, 5.41) is 3.88. The van der Waals surface area contributed by atoms with Crippen LogP contribution in [0.3, 0.4) is 0 Å². The fourth-order valence-electron chi connectivity index (χ4n) is 3.21. The SMILES string of the molecule is C=C/C(C)=C(\C=C)Cc1ccccc1C.CC(C)C(=O)Oc1c2n(ncc1=O)CCN(C)C2=O. The summed E-state index contributed by atoms with van der Waals surface area (Å²) in [6.07, 6.45) is 5.80. The van der Waals surface area contributed by atoms with Gasteiger partial charge in [-0.15, -0.1) is 0 Å². The second kappa shape index (κ2) is 11.9. The number of aryl methyl sites for hydroxylation is 1. The third kappa shape index (κ3) is 6.41. The summed E-state index contributed by atoms with van der Waals surface area (Å²) in [5.74, 6) is -1.54. The van der Waals surface area contributed by atoms with Gasteiger partial charge in [-0.1, -0.05) is 63.4 Å². The molecule has 0 unspecified atom stereocenters. The summed E-state index contributed by atoms with van der Waals surface area (Å²) >= 11 is 0. The van der Waals surface area contributed by atoms with Crippen LogP contribution in [-0.4, -0.2) is 40.1 Å². The molecule has 1 aromatic carbocycles. The lowest BCUT2D eigenvalue weighted by molar-refractivity contribution is -0.137. The molecular formula is C27H33N3O4. The number of amides is 1. The molecule has 180 valence electrons. The zero-order chi connectivity index (χ0) is 25.4. The van der Waals surface area contributed by atoms with Crippen molar-refractivity contribution in [3.8, 4) is 5.75 Å². The Bertz CT molecular complexity index is 1170. The second-order valence-corrected chi connectivity index (χ2v) is 8.43. The first kappa shape index (κ1) is 26.5. The van der Waals surface area contributed by atoms with Gasteiger partial charge in [0.15, 0.2) is 5.69 Å². The molecular weight excluding hydrogens is 430 g/mol. The van der Waals surface area contributed by atoms with Crippen molar-refractivity contribution in [2.75, 3.05) is 13.6 Å². The molecule has 0 spiro atoms. The average Bonchev–Trinajstić information content (AvgIpc) is 2.82. The van der Waals surface area contributed by atoms with E-state index in [1.54, 1.807) is 20.9 Å². The molecule has 0 saturated heterocycles. The Balaban J connectivity index is 0.000000248. The van der Waals surface area contributed by atoms with E-state index in [-0.39, 0.29) is 23.3 Å². The average molecular weight is 464 g/mol. The largest absolute Gasteiger partial charge is 0.420 e. The minimum Gasteiger partial charge on any atom is -0.420 e. The zero-order valence-electron chi connectivity index (χ0n) is 20.6. The van der Waals surface area contributed by atoms with Gasteiger partial charge in [-0.3, -0.25) is 19.1 Å². The number of hydrogen-bond donors (Lipinski definition) is 0. The Morgan fingerprint density at radius 2 is 1.85 bits per heavy atom. The lowest BCUT2D eigenvalue weighted by Crippen LogP contribution is -2.41. The van der Waals surface area contributed by atoms with E-state index in [1.165, 1.54) is 31.9 Å². The molecule has 0 aliphatic carbocycles. The number of allylic oxidation sites excluding steroid dienone is 4. The van der Waals surface area contributed by atoms with Gasteiger partial charge < -0.3 is 9.64 Å². The molecule has 1 aliphatic rings. The van der Waals surface area contributed by atoms with Crippen LogP contribution in [0.4, 0.5) is 0 Å². The first-order chi connectivity index (χ1) is 16.1. The predicted octanol–water partition coefficient (Wildman–Crippen LogP) is 4.12. The minimum absolute atomic E-state index is 0.0373. The normalized spacial score (nSPS) is 13.4. The molecule has 0 atom stereocenters. The van der Waals surface area contributed by atoms with Crippen LogP contribution in [0.15, 0.2) is 71.7 Å². The van der Waals surface area contributed by atoms with Gasteiger partial charge >= 0.3 is 5.97 Å². The maximum absolute atomic E-state index is 12.1. The Labute approximate surface area is 201 Å². The van der Waals surface area contributed by atoms with Crippen molar-refractivity contribution in [3.63, 3.8) is 0 Å². The molecule has 2 aromatic rings. The van der Waals surface area contributed by atoms with Crippen molar-refractivity contribution in [1.29, 1.82) is 0 Å². The number of rotatable bonds is 6. The van der Waals surface area contributed by atoms with Gasteiger partial charge in [0.2, 0.25) is 11.2 Å². The monoisotopic (exact) mass is 463 g/mol. The first-order valence-electron chi connectivity index (χ1n) is 11.2. The highest BCUT2D eigenvalue weighted by Crippen LogP contribution is 2.19. The fraction of sp³-hybridized carbons (Fsp3) is 0.333. The Hall–Kier alpha value is -3.74. The summed E-state index contributed by atoms with van der Waals surface area (Å²) in [7, 11) is 1.62. The molecule has 0 radical (unpaired) electrons. The molecule has 0 bridgehead atoms. The standard InChI is InChI=1S/C15H18.C12H15N3O4/c1-5-12(3)14(6-2)11-15-10-8-7-9-13(15)4;1-7(2)12(18)19-10-8(16)6-13-15-5-4-14(3)11(17)9(10)15/h5-10H,1-2,11H2,3-4H3;6-7H,4-5H2,1-3H3/b14-12+;. The van der Waals surface area contributed by atoms with Crippen LogP contribution < -0.4 is 10.2 Å². The van der Waals surface area contributed by atoms with Crippen molar-refractivity contribution in [2.24, 2.45) is 5.92 Å². The third-order valence-electron chi connectivity index (χ3n) is 5.58. The van der Waals surface area contributed by atoms with E-state index in [4.69, 9.17) is 4.74 Å². The molecule has 0 saturated carbocycles. The van der Waals surface area contributed by atoms with Crippen LogP contribution >= 0.6 is 0 Å². The topological polar surface area (TPSA) is 81.5 Å². The molecule has 1 aliphatic heterocycles. The van der Waals surface area contributed by atoms with E-state index in [1.807, 2.05) is 12.2 Å². The number of aromatic nitrogens is 2. The van der Waals surface area contributed by atoms with Crippen LogP contribution in [0, 0.1) is 12.8 Å². The van der Waals surface area contributed by atoms with Crippen LogP contribution in [-0.2, 0) is 17.8 Å². The molecule has 7 heteroatoms. The molecule has 0 N–H and O–H groups in total. The Kier molecular flexibility index (Phi) is 9.30. The highest BCUT2D eigenvalue weighted by molar-refractivity contribution is 5.96. The van der Waals surface area contributed by atoms with Crippen LogP contribution in [0.1, 0.15) is 42.4 Å². The summed E-state index contributed by atoms with van der Waals surface area (Å²) in [6, 6.07) is 8.44. The Morgan fingerprint density at radius 3 is 2.44 bits per heavy atom. The van der Waals surface area contributed by atoms with Crippen molar-refractivity contribution < 1.29 is 14.3 Å². The van der Waals surface area contributed by atoms with Crippen LogP contribution in [0.2, 0.25) is 0 Å². The van der Waals surface area contributed by atoms with Crippen molar-refractivity contribution in [3.05, 3.63) is 94.0 Å². The van der Waals surface area contributed by atoms with Crippen molar-refractivity contribution in [1.82, 2.24) is 14.7 Å². The number of esters is 1. The van der Waals surface area contributed by atoms with E-state index < -0.39 is 11.4 Å². The van der Waals surface area contributed by atoms with E-state index in [0.29, 0.717) is 13.1 Å². The summed E-state index contributed by atoms with van der Waals surface area (Å²) < 4.78 is 6.46. The Morgan fingerprint density at radius 1 is 1.18 bits per heavy atom. The molecule has 7 nitrogen and oxygen atoms in total. The molecule has 0 fully saturated rings. The summed E-state index contributed by atoms with van der Waals surface area (Å²) in [4.78, 5) is 36.9. The highest BCUT2D eigenvalue weighted by atomic mass is 16.5. The second-order valence-electron chi connectivity index (χ2n) is 8.43. The van der Waals surface area contributed by atoms with Crippen molar-refractivity contribution >= 4 is 11.9 Å². The number of ether oxygens (including phenoxy) is 1. The number of benzene rings is 1. The highest BCUT2D eigenvalue weighted by Gasteiger charge is 2.29. The van der Waals surface area contributed by atoms with Gasteiger partial charge in [0.25, 0.3) is 5.91 Å². The maximum Gasteiger partial charge on any atom is 0.313 e. The van der Waals surface area contributed by atoms with Gasteiger partial charge in [-0.2, -0.15) is 5.10 Å². The smallest absolute Gasteiger partial charge is 0.313 e.